The van der Waals surface area contributed by atoms with Crippen LogP contribution < -0.4 is 4.72 Å². The monoisotopic (exact) mass is 309 g/mol. The summed E-state index contributed by atoms with van der Waals surface area (Å²) in [5, 5.41) is 10.1. The Kier molecular flexibility index (Phi) is 3.64. The SMILES string of the molecule is CC1(O)CC(NS(=O)(=O)c2cc(Cl)cc(Cl)c2)C1. The largest absolute Gasteiger partial charge is 0.390 e. The predicted octanol–water partition coefficient (Wildman–Crippen LogP) is 2.19. The first-order chi connectivity index (χ1) is 8.18. The molecule has 0 atom stereocenters. The average molecular weight is 310 g/mol. The highest BCUT2D eigenvalue weighted by Crippen LogP contribution is 2.32. The Morgan fingerprint density at radius 3 is 2.22 bits per heavy atom. The van der Waals surface area contributed by atoms with Crippen LogP contribution in [0.2, 0.25) is 10.0 Å². The molecule has 2 rings (SSSR count). The molecule has 1 aromatic carbocycles. The molecule has 4 nitrogen and oxygen atoms in total. The van der Waals surface area contributed by atoms with Crippen molar-refractivity contribution in [2.24, 2.45) is 0 Å². The van der Waals surface area contributed by atoms with Gasteiger partial charge in [0.15, 0.2) is 0 Å². The molecule has 0 radical (unpaired) electrons. The standard InChI is InChI=1S/C11H13Cl2NO3S/c1-11(15)5-9(6-11)14-18(16,17)10-3-7(12)2-8(13)4-10/h2-4,9,14-15H,5-6H2,1H3. The van der Waals surface area contributed by atoms with Gasteiger partial charge in [-0.2, -0.15) is 0 Å². The molecule has 0 bridgehead atoms. The smallest absolute Gasteiger partial charge is 0.240 e. The zero-order valence-corrected chi connectivity index (χ0v) is 12.0. The van der Waals surface area contributed by atoms with Crippen molar-refractivity contribution in [3.63, 3.8) is 0 Å². The van der Waals surface area contributed by atoms with Gasteiger partial charge in [0.2, 0.25) is 10.0 Å². The topological polar surface area (TPSA) is 66.4 Å². The molecule has 1 saturated carbocycles. The van der Waals surface area contributed by atoms with Gasteiger partial charge < -0.3 is 5.11 Å². The van der Waals surface area contributed by atoms with E-state index in [1.165, 1.54) is 18.2 Å². The van der Waals surface area contributed by atoms with Crippen molar-refractivity contribution in [3.05, 3.63) is 28.2 Å². The van der Waals surface area contributed by atoms with Crippen molar-refractivity contribution >= 4 is 33.2 Å². The van der Waals surface area contributed by atoms with E-state index in [-0.39, 0.29) is 21.0 Å². The van der Waals surface area contributed by atoms with Gasteiger partial charge >= 0.3 is 0 Å². The van der Waals surface area contributed by atoms with Gasteiger partial charge in [0.05, 0.1) is 10.5 Å². The zero-order chi connectivity index (χ0) is 13.6. The van der Waals surface area contributed by atoms with Crippen LogP contribution in [0.4, 0.5) is 0 Å². The second-order valence-corrected chi connectivity index (χ2v) is 7.42. The summed E-state index contributed by atoms with van der Waals surface area (Å²) in [5.74, 6) is 0. The molecule has 7 heteroatoms. The molecular weight excluding hydrogens is 297 g/mol. The minimum Gasteiger partial charge on any atom is -0.390 e. The number of rotatable bonds is 3. The summed E-state index contributed by atoms with van der Waals surface area (Å²) in [6.07, 6.45) is 0.807. The van der Waals surface area contributed by atoms with E-state index < -0.39 is 15.6 Å². The van der Waals surface area contributed by atoms with Crippen LogP contribution in [0, 0.1) is 0 Å². The number of hydrogen-bond donors (Lipinski definition) is 2. The molecule has 1 fully saturated rings. The maximum Gasteiger partial charge on any atom is 0.240 e. The van der Waals surface area contributed by atoms with Gasteiger partial charge in [-0.15, -0.1) is 0 Å². The zero-order valence-electron chi connectivity index (χ0n) is 9.65. The molecule has 18 heavy (non-hydrogen) atoms. The Balaban J connectivity index is 2.16. The van der Waals surface area contributed by atoms with Gasteiger partial charge in [-0.05, 0) is 38.0 Å². The first kappa shape index (κ1) is 14.1. The molecular formula is C11H13Cl2NO3S. The number of hydrogen-bond acceptors (Lipinski definition) is 3. The van der Waals surface area contributed by atoms with Crippen LogP contribution in [0.3, 0.4) is 0 Å². The minimum absolute atomic E-state index is 0.0338. The van der Waals surface area contributed by atoms with Crippen LogP contribution in [0.5, 0.6) is 0 Å². The molecule has 0 spiro atoms. The van der Waals surface area contributed by atoms with Crippen LogP contribution in [0.1, 0.15) is 19.8 Å². The third-order valence-corrected chi connectivity index (χ3v) is 4.78. The quantitative estimate of drug-likeness (QED) is 0.899. The molecule has 1 aliphatic rings. The summed E-state index contributed by atoms with van der Waals surface area (Å²) in [4.78, 5) is 0.0338. The molecule has 2 N–H and O–H groups in total. The van der Waals surface area contributed by atoms with Crippen LogP contribution in [0.25, 0.3) is 0 Å². The van der Waals surface area contributed by atoms with E-state index >= 15 is 0 Å². The lowest BCUT2D eigenvalue weighted by molar-refractivity contribution is -0.0329. The van der Waals surface area contributed by atoms with E-state index in [1.54, 1.807) is 6.92 Å². The van der Waals surface area contributed by atoms with Gasteiger partial charge in [-0.3, -0.25) is 0 Å². The fourth-order valence-electron chi connectivity index (χ4n) is 2.06. The second kappa shape index (κ2) is 4.65. The van der Waals surface area contributed by atoms with E-state index in [0.29, 0.717) is 12.8 Å². The maximum absolute atomic E-state index is 12.0. The molecule has 0 aromatic heterocycles. The first-order valence-corrected chi connectivity index (χ1v) is 7.63. The lowest BCUT2D eigenvalue weighted by atomic mass is 9.78. The summed E-state index contributed by atoms with van der Waals surface area (Å²) < 4.78 is 26.6. The summed E-state index contributed by atoms with van der Waals surface area (Å²) in [6.45, 7) is 1.67. The molecule has 0 heterocycles. The second-order valence-electron chi connectivity index (χ2n) is 4.83. The average Bonchev–Trinajstić information content (AvgIpc) is 2.12. The number of sulfonamides is 1. The van der Waals surface area contributed by atoms with Crippen LogP contribution >= 0.6 is 23.2 Å². The number of halogens is 2. The highest BCUT2D eigenvalue weighted by atomic mass is 35.5. The fourth-order valence-corrected chi connectivity index (χ4v) is 4.02. The molecule has 0 amide bonds. The van der Waals surface area contributed by atoms with Crippen molar-refractivity contribution in [3.8, 4) is 0 Å². The Morgan fingerprint density at radius 1 is 1.28 bits per heavy atom. The lowest BCUT2D eigenvalue weighted by Crippen LogP contribution is -2.53. The molecule has 1 aliphatic carbocycles. The van der Waals surface area contributed by atoms with E-state index in [2.05, 4.69) is 4.72 Å². The Hall–Kier alpha value is -0.330. The molecule has 100 valence electrons. The first-order valence-electron chi connectivity index (χ1n) is 5.39. The number of nitrogens with one attached hydrogen (secondary N) is 1. The van der Waals surface area contributed by atoms with Crippen LogP contribution in [-0.4, -0.2) is 25.2 Å². The van der Waals surface area contributed by atoms with Gasteiger partial charge in [0.25, 0.3) is 0 Å². The van der Waals surface area contributed by atoms with Gasteiger partial charge in [0, 0.05) is 16.1 Å². The van der Waals surface area contributed by atoms with E-state index in [4.69, 9.17) is 23.2 Å². The molecule has 0 aliphatic heterocycles. The summed E-state index contributed by atoms with van der Waals surface area (Å²) in [5.41, 5.74) is -0.779. The third kappa shape index (κ3) is 3.16. The van der Waals surface area contributed by atoms with E-state index in [0.717, 1.165) is 0 Å². The molecule has 0 unspecified atom stereocenters. The van der Waals surface area contributed by atoms with Crippen LogP contribution in [0.15, 0.2) is 23.1 Å². The Labute approximate surface area is 116 Å². The maximum atomic E-state index is 12.0. The Bertz CT molecular complexity index is 543. The van der Waals surface area contributed by atoms with Crippen LogP contribution in [-0.2, 0) is 10.0 Å². The highest BCUT2D eigenvalue weighted by molar-refractivity contribution is 7.89. The van der Waals surface area contributed by atoms with Gasteiger partial charge in [-0.25, -0.2) is 13.1 Å². The summed E-state index contributed by atoms with van der Waals surface area (Å²) in [6, 6.07) is 3.90. The third-order valence-electron chi connectivity index (χ3n) is 2.84. The van der Waals surface area contributed by atoms with Gasteiger partial charge in [0.1, 0.15) is 0 Å². The number of aliphatic hydroxyl groups is 1. The van der Waals surface area contributed by atoms with Crippen molar-refractivity contribution in [1.29, 1.82) is 0 Å². The van der Waals surface area contributed by atoms with Crippen molar-refractivity contribution in [2.45, 2.75) is 36.3 Å². The molecule has 0 saturated heterocycles. The van der Waals surface area contributed by atoms with Crippen molar-refractivity contribution < 1.29 is 13.5 Å². The van der Waals surface area contributed by atoms with Gasteiger partial charge in [-0.1, -0.05) is 23.2 Å². The Morgan fingerprint density at radius 2 is 1.78 bits per heavy atom. The predicted molar refractivity (Wildman–Crippen MR) is 70.4 cm³/mol. The summed E-state index contributed by atoms with van der Waals surface area (Å²) >= 11 is 11.5. The van der Waals surface area contributed by atoms with E-state index in [9.17, 15) is 13.5 Å². The normalized spacial score (nSPS) is 27.9. The number of benzene rings is 1. The van der Waals surface area contributed by atoms with Crippen molar-refractivity contribution in [2.75, 3.05) is 0 Å². The fraction of sp³-hybridized carbons (Fsp3) is 0.455. The lowest BCUT2D eigenvalue weighted by Gasteiger charge is -2.40. The van der Waals surface area contributed by atoms with E-state index in [1.807, 2.05) is 0 Å². The van der Waals surface area contributed by atoms with Crippen molar-refractivity contribution in [1.82, 2.24) is 4.72 Å². The molecule has 1 aromatic rings. The highest BCUT2D eigenvalue weighted by Gasteiger charge is 2.40. The summed E-state index contributed by atoms with van der Waals surface area (Å²) in [7, 11) is -3.65. The minimum atomic E-state index is -3.65.